The van der Waals surface area contributed by atoms with Crippen molar-refractivity contribution in [3.05, 3.63) is 76.5 Å². The van der Waals surface area contributed by atoms with Gasteiger partial charge in [-0.05, 0) is 36.4 Å². The van der Waals surface area contributed by atoms with E-state index < -0.39 is 4.92 Å². The summed E-state index contributed by atoms with van der Waals surface area (Å²) in [5.74, 6) is 2.19. The van der Waals surface area contributed by atoms with Gasteiger partial charge in [-0.2, -0.15) is 0 Å². The number of nitro groups is 1. The average molecular weight is 324 g/mol. The van der Waals surface area contributed by atoms with E-state index >= 15 is 0 Å². The van der Waals surface area contributed by atoms with Gasteiger partial charge in [-0.3, -0.25) is 10.1 Å². The maximum atomic E-state index is 10.7. The molecule has 0 atom stereocenters. The quantitative estimate of drug-likeness (QED) is 0.534. The summed E-state index contributed by atoms with van der Waals surface area (Å²) in [6.45, 7) is 0.507. The molecule has 0 aliphatic heterocycles. The summed E-state index contributed by atoms with van der Waals surface area (Å²) in [5, 5.41) is 13.9. The Kier molecular flexibility index (Phi) is 4.47. The fraction of sp³-hybridized carbons (Fsp3) is 0.111. The number of hydrogen-bond donors (Lipinski definition) is 1. The zero-order valence-corrected chi connectivity index (χ0v) is 13.1. The normalized spacial score (nSPS) is 10.4. The van der Waals surface area contributed by atoms with E-state index in [-0.39, 0.29) is 5.69 Å². The van der Waals surface area contributed by atoms with Crippen LogP contribution in [0.15, 0.2) is 65.1 Å². The molecule has 1 aromatic heterocycles. The highest BCUT2D eigenvalue weighted by molar-refractivity contribution is 5.60. The Hall–Kier alpha value is -3.28. The minimum absolute atomic E-state index is 0.0587. The monoisotopic (exact) mass is 324 g/mol. The molecule has 0 bridgehead atoms. The highest BCUT2D eigenvalue weighted by Gasteiger charge is 2.09. The van der Waals surface area contributed by atoms with Gasteiger partial charge in [0.25, 0.3) is 5.69 Å². The van der Waals surface area contributed by atoms with Crippen LogP contribution in [0, 0.1) is 10.1 Å². The van der Waals surface area contributed by atoms with E-state index in [4.69, 9.17) is 9.15 Å². The summed E-state index contributed by atoms with van der Waals surface area (Å²) in [6, 6.07) is 17.6. The predicted molar refractivity (Wildman–Crippen MR) is 91.1 cm³/mol. The van der Waals surface area contributed by atoms with Crippen LogP contribution in [0.3, 0.4) is 0 Å². The molecular weight excluding hydrogens is 308 g/mol. The first-order chi connectivity index (χ1) is 11.7. The van der Waals surface area contributed by atoms with E-state index in [1.54, 1.807) is 19.2 Å². The number of hydrogen-bond acceptors (Lipinski definition) is 5. The highest BCUT2D eigenvalue weighted by atomic mass is 16.6. The van der Waals surface area contributed by atoms with Crippen molar-refractivity contribution in [1.82, 2.24) is 0 Å². The first-order valence-electron chi connectivity index (χ1n) is 7.38. The number of para-hydroxylation sites is 2. The number of non-ortho nitro benzene ring substituents is 1. The molecule has 0 unspecified atom stereocenters. The molecule has 0 saturated heterocycles. The SMILES string of the molecule is COc1ccccc1NCc1ccc(-c2ccc([N+](=O)[O-])cc2)o1. The molecule has 6 heteroatoms. The second-order valence-electron chi connectivity index (χ2n) is 5.12. The fourth-order valence-electron chi connectivity index (χ4n) is 2.35. The summed E-state index contributed by atoms with van der Waals surface area (Å²) in [5.41, 5.74) is 1.74. The van der Waals surface area contributed by atoms with E-state index in [9.17, 15) is 10.1 Å². The van der Waals surface area contributed by atoms with E-state index in [0.717, 1.165) is 22.8 Å². The smallest absolute Gasteiger partial charge is 0.269 e. The molecule has 3 rings (SSSR count). The Morgan fingerprint density at radius 2 is 1.83 bits per heavy atom. The molecule has 0 fully saturated rings. The van der Waals surface area contributed by atoms with E-state index in [1.165, 1.54) is 12.1 Å². The maximum Gasteiger partial charge on any atom is 0.269 e. The molecule has 122 valence electrons. The van der Waals surface area contributed by atoms with Crippen LogP contribution in [0.2, 0.25) is 0 Å². The molecule has 0 saturated carbocycles. The molecule has 24 heavy (non-hydrogen) atoms. The van der Waals surface area contributed by atoms with E-state index in [2.05, 4.69) is 5.32 Å². The Morgan fingerprint density at radius 1 is 1.08 bits per heavy atom. The van der Waals surface area contributed by atoms with Gasteiger partial charge in [0.05, 0.1) is 24.3 Å². The summed E-state index contributed by atoms with van der Waals surface area (Å²) in [7, 11) is 1.63. The largest absolute Gasteiger partial charge is 0.495 e. The third-order valence-corrected chi connectivity index (χ3v) is 3.58. The first kappa shape index (κ1) is 15.6. The molecule has 0 spiro atoms. The zero-order chi connectivity index (χ0) is 16.9. The summed E-state index contributed by atoms with van der Waals surface area (Å²) in [6.07, 6.45) is 0. The van der Waals surface area contributed by atoms with Crippen molar-refractivity contribution in [2.24, 2.45) is 0 Å². The Bertz CT molecular complexity index is 840. The van der Waals surface area contributed by atoms with Crippen LogP contribution in [0.25, 0.3) is 11.3 Å². The first-order valence-corrected chi connectivity index (χ1v) is 7.38. The molecule has 1 heterocycles. The van der Waals surface area contributed by atoms with E-state index in [0.29, 0.717) is 12.3 Å². The fourth-order valence-corrected chi connectivity index (χ4v) is 2.35. The van der Waals surface area contributed by atoms with Crippen LogP contribution in [-0.4, -0.2) is 12.0 Å². The van der Waals surface area contributed by atoms with Crippen molar-refractivity contribution in [3.8, 4) is 17.1 Å². The van der Waals surface area contributed by atoms with Gasteiger partial charge in [0, 0.05) is 17.7 Å². The van der Waals surface area contributed by atoms with Crippen molar-refractivity contribution < 1.29 is 14.1 Å². The summed E-state index contributed by atoms with van der Waals surface area (Å²) >= 11 is 0. The number of nitro benzene ring substituents is 1. The number of furan rings is 1. The van der Waals surface area contributed by atoms with E-state index in [1.807, 2.05) is 36.4 Å². The van der Waals surface area contributed by atoms with Gasteiger partial charge in [0.1, 0.15) is 17.3 Å². The number of methoxy groups -OCH3 is 1. The lowest BCUT2D eigenvalue weighted by Gasteiger charge is -2.09. The highest BCUT2D eigenvalue weighted by Crippen LogP contribution is 2.26. The number of benzene rings is 2. The lowest BCUT2D eigenvalue weighted by molar-refractivity contribution is -0.384. The number of ether oxygens (including phenoxy) is 1. The zero-order valence-electron chi connectivity index (χ0n) is 13.1. The molecule has 3 aromatic rings. The summed E-state index contributed by atoms with van der Waals surface area (Å²) < 4.78 is 11.1. The third-order valence-electron chi connectivity index (χ3n) is 3.58. The number of nitrogens with zero attached hydrogens (tertiary/aromatic N) is 1. The molecule has 1 N–H and O–H groups in total. The van der Waals surface area contributed by atoms with Gasteiger partial charge in [-0.15, -0.1) is 0 Å². The van der Waals surface area contributed by atoms with Crippen LogP contribution >= 0.6 is 0 Å². The van der Waals surface area contributed by atoms with Gasteiger partial charge < -0.3 is 14.5 Å². The summed E-state index contributed by atoms with van der Waals surface area (Å²) in [4.78, 5) is 10.3. The third kappa shape index (κ3) is 3.38. The second kappa shape index (κ2) is 6.87. The van der Waals surface area contributed by atoms with Gasteiger partial charge in [-0.25, -0.2) is 0 Å². The van der Waals surface area contributed by atoms with Crippen molar-refractivity contribution >= 4 is 11.4 Å². The Morgan fingerprint density at radius 3 is 2.54 bits per heavy atom. The minimum atomic E-state index is -0.422. The lowest BCUT2D eigenvalue weighted by Crippen LogP contribution is -2.00. The van der Waals surface area contributed by atoms with Crippen molar-refractivity contribution in [2.45, 2.75) is 6.54 Å². The molecule has 0 radical (unpaired) electrons. The molecule has 6 nitrogen and oxygen atoms in total. The van der Waals surface area contributed by atoms with Crippen molar-refractivity contribution in [1.29, 1.82) is 0 Å². The minimum Gasteiger partial charge on any atom is -0.495 e. The lowest BCUT2D eigenvalue weighted by atomic mass is 10.1. The maximum absolute atomic E-state index is 10.7. The van der Waals surface area contributed by atoms with Crippen LogP contribution in [-0.2, 0) is 6.54 Å². The Labute approximate surface area is 138 Å². The van der Waals surface area contributed by atoms with Crippen molar-refractivity contribution in [3.63, 3.8) is 0 Å². The molecule has 0 aliphatic rings. The molecule has 0 aliphatic carbocycles. The average Bonchev–Trinajstić information content (AvgIpc) is 3.09. The topological polar surface area (TPSA) is 77.5 Å². The van der Waals surface area contributed by atoms with Crippen molar-refractivity contribution in [2.75, 3.05) is 12.4 Å². The molecule has 0 amide bonds. The number of rotatable bonds is 6. The van der Waals surface area contributed by atoms with Crippen LogP contribution in [0.5, 0.6) is 5.75 Å². The van der Waals surface area contributed by atoms with Crippen LogP contribution < -0.4 is 10.1 Å². The number of anilines is 1. The van der Waals surface area contributed by atoms with Crippen LogP contribution in [0.4, 0.5) is 11.4 Å². The van der Waals surface area contributed by atoms with Gasteiger partial charge in [-0.1, -0.05) is 12.1 Å². The predicted octanol–water partition coefficient (Wildman–Crippen LogP) is 4.48. The van der Waals surface area contributed by atoms with Gasteiger partial charge in [0.15, 0.2) is 0 Å². The molecule has 2 aromatic carbocycles. The standard InChI is InChI=1S/C18H16N2O4/c1-23-18-5-3-2-4-16(18)19-12-15-10-11-17(24-15)13-6-8-14(9-7-13)20(21)22/h2-11,19H,12H2,1H3. The van der Waals surface area contributed by atoms with Gasteiger partial charge >= 0.3 is 0 Å². The second-order valence-corrected chi connectivity index (χ2v) is 5.12. The van der Waals surface area contributed by atoms with Gasteiger partial charge in [0.2, 0.25) is 0 Å². The Balaban J connectivity index is 1.70. The van der Waals surface area contributed by atoms with Crippen LogP contribution in [0.1, 0.15) is 5.76 Å². The molecular formula is C18H16N2O4. The number of nitrogens with one attached hydrogen (secondary N) is 1.